The largest absolute Gasteiger partial charge is 0.448 e. The summed E-state index contributed by atoms with van der Waals surface area (Å²) in [7, 11) is 0. The molecule has 0 amide bonds. The van der Waals surface area contributed by atoms with Gasteiger partial charge in [0.25, 0.3) is 0 Å². The second-order valence-corrected chi connectivity index (χ2v) is 4.13. The number of oxazole rings is 1. The van der Waals surface area contributed by atoms with Gasteiger partial charge in [0.1, 0.15) is 11.5 Å². The fraction of sp³-hybridized carbons (Fsp3) is 0.571. The van der Waals surface area contributed by atoms with Gasteiger partial charge in [0.05, 0.1) is 12.4 Å². The van der Waals surface area contributed by atoms with E-state index in [0.717, 1.165) is 11.5 Å². The fourth-order valence-electron chi connectivity index (χ4n) is 1.03. The predicted molar refractivity (Wildman–Crippen MR) is 74.6 cm³/mol. The maximum Gasteiger partial charge on any atom is 0.180 e. The van der Waals surface area contributed by atoms with Gasteiger partial charge < -0.3 is 8.94 Å². The van der Waals surface area contributed by atoms with Crippen LogP contribution in [0.4, 0.5) is 0 Å². The number of nitrogens with zero attached hydrogens (tertiary/aromatic N) is 2. The van der Waals surface area contributed by atoms with Crippen LogP contribution in [-0.2, 0) is 0 Å². The van der Waals surface area contributed by atoms with Crippen LogP contribution in [0.1, 0.15) is 65.9 Å². The van der Waals surface area contributed by atoms with Crippen LogP contribution < -0.4 is 0 Å². The number of rotatable bonds is 2. The lowest BCUT2D eigenvalue weighted by molar-refractivity contribution is 0.371. The highest BCUT2D eigenvalue weighted by Gasteiger charge is 2.00. The zero-order chi connectivity index (χ0) is 12.0. The lowest BCUT2D eigenvalue weighted by Gasteiger charge is -1.93. The normalized spacial score (nSPS) is 9.22. The van der Waals surface area contributed by atoms with E-state index in [-0.39, 0.29) is 14.9 Å². The maximum atomic E-state index is 4.98. The second-order valence-electron chi connectivity index (χ2n) is 4.13. The van der Waals surface area contributed by atoms with E-state index in [4.69, 9.17) is 8.94 Å². The van der Waals surface area contributed by atoms with Crippen LogP contribution in [0.3, 0.4) is 0 Å². The molecule has 0 aliphatic rings. The molecule has 0 fully saturated rings. The van der Waals surface area contributed by atoms with Crippen LogP contribution in [-0.4, -0.2) is 10.1 Å². The smallest absolute Gasteiger partial charge is 0.180 e. The molecule has 104 valence electrons. The monoisotopic (exact) mass is 254 g/mol. The lowest BCUT2D eigenvalue weighted by atomic mass is 10.2. The van der Waals surface area contributed by atoms with Gasteiger partial charge in [-0.1, -0.05) is 47.7 Å². The Kier molecular flexibility index (Phi) is 9.86. The highest BCUT2D eigenvalue weighted by molar-refractivity contribution is 4.97. The lowest BCUT2D eigenvalue weighted by Crippen LogP contribution is -1.79. The molecule has 0 saturated carbocycles. The Bertz CT molecular complexity index is 326. The minimum atomic E-state index is 0. The van der Waals surface area contributed by atoms with E-state index in [2.05, 4.69) is 37.8 Å². The van der Waals surface area contributed by atoms with Gasteiger partial charge in [-0.25, -0.2) is 4.98 Å². The molecule has 0 spiro atoms. The summed E-state index contributed by atoms with van der Waals surface area (Å²) in [5, 5.41) is 3.57. The van der Waals surface area contributed by atoms with Crippen LogP contribution >= 0.6 is 0 Å². The summed E-state index contributed by atoms with van der Waals surface area (Å²) in [4.78, 5) is 3.78. The van der Waals surface area contributed by atoms with E-state index >= 15 is 0 Å². The van der Waals surface area contributed by atoms with E-state index in [1.807, 2.05) is 6.07 Å². The van der Waals surface area contributed by atoms with Crippen LogP contribution in [0, 0.1) is 0 Å². The van der Waals surface area contributed by atoms with Crippen molar-refractivity contribution in [3.05, 3.63) is 36.4 Å². The minimum Gasteiger partial charge on any atom is -0.448 e. The first-order valence-corrected chi connectivity index (χ1v) is 5.40. The van der Waals surface area contributed by atoms with Crippen molar-refractivity contribution in [1.29, 1.82) is 0 Å². The third-order valence-electron chi connectivity index (χ3n) is 2.05. The quantitative estimate of drug-likeness (QED) is 0.767. The first-order valence-electron chi connectivity index (χ1n) is 5.40. The Morgan fingerprint density at radius 2 is 1.61 bits per heavy atom. The number of hydrogen-bond donors (Lipinski definition) is 0. The summed E-state index contributed by atoms with van der Waals surface area (Å²) >= 11 is 0. The van der Waals surface area contributed by atoms with Crippen molar-refractivity contribution in [3.8, 4) is 0 Å². The maximum absolute atomic E-state index is 4.98. The minimum absolute atomic E-state index is 0. The third kappa shape index (κ3) is 6.23. The Hall–Kier alpha value is -1.58. The Labute approximate surface area is 110 Å². The van der Waals surface area contributed by atoms with E-state index < -0.39 is 0 Å². The van der Waals surface area contributed by atoms with Crippen molar-refractivity contribution in [2.45, 2.75) is 54.4 Å². The zero-order valence-corrected chi connectivity index (χ0v) is 10.2. The zero-order valence-electron chi connectivity index (χ0n) is 10.2. The van der Waals surface area contributed by atoms with E-state index in [0.29, 0.717) is 11.8 Å². The van der Waals surface area contributed by atoms with Gasteiger partial charge >= 0.3 is 0 Å². The summed E-state index contributed by atoms with van der Waals surface area (Å²) in [6.45, 7) is 8.28. The summed E-state index contributed by atoms with van der Waals surface area (Å²) in [6.07, 6.45) is 4.86. The van der Waals surface area contributed by atoms with Gasteiger partial charge in [0, 0.05) is 17.9 Å². The molecule has 2 rings (SSSR count). The van der Waals surface area contributed by atoms with Gasteiger partial charge in [-0.2, -0.15) is 0 Å². The van der Waals surface area contributed by atoms with E-state index in [1.165, 1.54) is 6.39 Å². The highest BCUT2D eigenvalue weighted by atomic mass is 16.5. The van der Waals surface area contributed by atoms with Crippen LogP contribution in [0.25, 0.3) is 0 Å². The molecule has 0 aliphatic carbocycles. The number of hydrogen-bond acceptors (Lipinski definition) is 4. The highest BCUT2D eigenvalue weighted by Crippen LogP contribution is 2.11. The van der Waals surface area contributed by atoms with E-state index in [9.17, 15) is 0 Å². The summed E-state index contributed by atoms with van der Waals surface area (Å²) in [6, 6.07) is 1.88. The first kappa shape index (κ1) is 18.8. The van der Waals surface area contributed by atoms with E-state index in [1.54, 1.807) is 12.4 Å². The summed E-state index contributed by atoms with van der Waals surface area (Å²) < 4.78 is 9.83. The molecule has 0 N–H and O–H groups in total. The molecule has 2 aromatic rings. The summed E-state index contributed by atoms with van der Waals surface area (Å²) in [5.41, 5.74) is 0. The van der Waals surface area contributed by atoms with Crippen molar-refractivity contribution >= 4 is 0 Å². The predicted octanol–water partition coefficient (Wildman–Crippen LogP) is 4.87. The Morgan fingerprint density at radius 3 is 1.83 bits per heavy atom. The van der Waals surface area contributed by atoms with Crippen LogP contribution in [0.15, 0.2) is 33.8 Å². The van der Waals surface area contributed by atoms with Crippen molar-refractivity contribution < 1.29 is 8.94 Å². The first-order chi connectivity index (χ1) is 7.61. The van der Waals surface area contributed by atoms with Crippen LogP contribution in [0.5, 0.6) is 0 Å². The molecule has 4 heteroatoms. The van der Waals surface area contributed by atoms with Crippen molar-refractivity contribution in [2.75, 3.05) is 0 Å². The van der Waals surface area contributed by atoms with Crippen molar-refractivity contribution in [1.82, 2.24) is 10.1 Å². The topological polar surface area (TPSA) is 52.1 Å². The molecule has 4 nitrogen and oxygen atoms in total. The van der Waals surface area contributed by atoms with Gasteiger partial charge in [0.2, 0.25) is 0 Å². The molecule has 18 heavy (non-hydrogen) atoms. The van der Waals surface area contributed by atoms with Gasteiger partial charge in [-0.15, -0.1) is 0 Å². The van der Waals surface area contributed by atoms with Crippen molar-refractivity contribution in [2.24, 2.45) is 0 Å². The molecule has 2 aromatic heterocycles. The summed E-state index contributed by atoms with van der Waals surface area (Å²) in [5.74, 6) is 2.81. The molecule has 0 atom stereocenters. The number of aromatic nitrogens is 2. The molecule has 0 aromatic carbocycles. The standard InChI is InChI=1S/2C6H9NO.2CH4/c1-5(2)6-3-7-4-8-6;1-5(2)6-3-4-7-8-6;;/h2*3-5H,1-2H3;2*1H4. The fourth-order valence-corrected chi connectivity index (χ4v) is 1.03. The average Bonchev–Trinajstić information content (AvgIpc) is 2.93. The molecule has 0 bridgehead atoms. The Balaban J connectivity index is 0. The molecule has 0 unspecified atom stereocenters. The van der Waals surface area contributed by atoms with Crippen molar-refractivity contribution in [3.63, 3.8) is 0 Å². The second kappa shape index (κ2) is 9.45. The van der Waals surface area contributed by atoms with Gasteiger partial charge in [-0.3, -0.25) is 0 Å². The van der Waals surface area contributed by atoms with Gasteiger partial charge in [0.15, 0.2) is 6.39 Å². The molecule has 2 heterocycles. The molecule has 0 radical (unpaired) electrons. The molecule has 0 aliphatic heterocycles. The molecule has 0 saturated heterocycles. The molecular formula is C14H26N2O2. The van der Waals surface area contributed by atoms with Crippen LogP contribution in [0.2, 0.25) is 0 Å². The van der Waals surface area contributed by atoms with Gasteiger partial charge in [-0.05, 0) is 0 Å². The molecular weight excluding hydrogens is 228 g/mol. The average molecular weight is 254 g/mol. The third-order valence-corrected chi connectivity index (χ3v) is 2.05. The Morgan fingerprint density at radius 1 is 1.00 bits per heavy atom. The SMILES string of the molecule is C.C.CC(C)c1ccno1.CC(C)c1cnco1.